The first kappa shape index (κ1) is 12.0. The van der Waals surface area contributed by atoms with Gasteiger partial charge in [0, 0.05) is 6.04 Å². The molecule has 19 heavy (non-hydrogen) atoms. The summed E-state index contributed by atoms with van der Waals surface area (Å²) in [6.45, 7) is 0.840. The van der Waals surface area contributed by atoms with Crippen LogP contribution in [0.5, 0.6) is 0 Å². The summed E-state index contributed by atoms with van der Waals surface area (Å²) in [6, 6.07) is 7.71. The van der Waals surface area contributed by atoms with Gasteiger partial charge < -0.3 is 21.4 Å². The van der Waals surface area contributed by atoms with Crippen LogP contribution >= 0.6 is 0 Å². The van der Waals surface area contributed by atoms with E-state index in [0.717, 1.165) is 36.2 Å². The molecule has 0 spiro atoms. The Kier molecular flexibility index (Phi) is 3.08. The number of carbonyl (C=O) groups excluding carboxylic acids is 1. The lowest BCUT2D eigenvalue weighted by Gasteiger charge is -2.29. The Balaban J connectivity index is 1.79. The zero-order chi connectivity index (χ0) is 13.2. The number of aromatic nitrogens is 2. The van der Waals surface area contributed by atoms with E-state index >= 15 is 0 Å². The average Bonchev–Trinajstić information content (AvgIpc) is 2.82. The van der Waals surface area contributed by atoms with Crippen LogP contribution in [-0.2, 0) is 0 Å². The smallest absolute Gasteiger partial charge is 0.312 e. The number of aromatic amines is 1. The summed E-state index contributed by atoms with van der Waals surface area (Å²) in [5, 5.41) is 6.19. The number of H-pyrrole nitrogens is 1. The number of para-hydroxylation sites is 2. The van der Waals surface area contributed by atoms with E-state index < -0.39 is 6.03 Å². The highest BCUT2D eigenvalue weighted by molar-refractivity contribution is 5.74. The van der Waals surface area contributed by atoms with Crippen molar-refractivity contribution in [1.29, 1.82) is 0 Å². The van der Waals surface area contributed by atoms with E-state index in [2.05, 4.69) is 20.6 Å². The molecule has 3 rings (SSSR count). The Morgan fingerprint density at radius 2 is 2.26 bits per heavy atom. The summed E-state index contributed by atoms with van der Waals surface area (Å²) >= 11 is 0. The second-order valence-electron chi connectivity index (χ2n) is 4.88. The Morgan fingerprint density at radius 1 is 1.42 bits per heavy atom. The number of rotatable bonds is 2. The fraction of sp³-hybridized carbons (Fsp3) is 0.385. The number of hydrogen-bond donors (Lipinski definition) is 4. The van der Waals surface area contributed by atoms with Gasteiger partial charge in [0.25, 0.3) is 0 Å². The minimum atomic E-state index is -0.463. The molecular weight excluding hydrogens is 242 g/mol. The highest BCUT2D eigenvalue weighted by Gasteiger charge is 2.25. The van der Waals surface area contributed by atoms with Crippen LogP contribution in [-0.4, -0.2) is 28.6 Å². The number of piperidine rings is 1. The number of primary amides is 1. The molecule has 6 nitrogen and oxygen atoms in total. The third-order valence-corrected chi connectivity index (χ3v) is 3.49. The molecule has 1 saturated heterocycles. The minimum Gasteiger partial charge on any atom is -0.352 e. The maximum atomic E-state index is 10.9. The number of hydrogen-bond acceptors (Lipinski definition) is 3. The van der Waals surface area contributed by atoms with E-state index in [0.29, 0.717) is 0 Å². The summed E-state index contributed by atoms with van der Waals surface area (Å²) in [4.78, 5) is 18.8. The molecule has 1 aromatic heterocycles. The molecular formula is C13H17N5O. The predicted molar refractivity (Wildman–Crippen MR) is 72.6 cm³/mol. The number of benzene rings is 1. The lowest BCUT2D eigenvalue weighted by molar-refractivity contribution is 0.237. The van der Waals surface area contributed by atoms with E-state index in [9.17, 15) is 4.79 Å². The van der Waals surface area contributed by atoms with Crippen molar-refractivity contribution in [3.63, 3.8) is 0 Å². The molecule has 0 saturated carbocycles. The minimum absolute atomic E-state index is 0.108. The number of nitrogens with zero attached hydrogens (tertiary/aromatic N) is 1. The molecule has 0 unspecified atom stereocenters. The summed E-state index contributed by atoms with van der Waals surface area (Å²) in [5.74, 6) is 0.914. The van der Waals surface area contributed by atoms with Crippen molar-refractivity contribution in [2.75, 3.05) is 6.54 Å². The lowest BCUT2D eigenvalue weighted by atomic mass is 9.99. The first-order valence-electron chi connectivity index (χ1n) is 6.46. The largest absolute Gasteiger partial charge is 0.352 e. The third-order valence-electron chi connectivity index (χ3n) is 3.49. The normalized spacial score (nSPS) is 23.4. The van der Waals surface area contributed by atoms with E-state index in [1.807, 2.05) is 24.3 Å². The third kappa shape index (κ3) is 2.53. The van der Waals surface area contributed by atoms with Crippen LogP contribution in [0.1, 0.15) is 24.7 Å². The highest BCUT2D eigenvalue weighted by Crippen LogP contribution is 2.23. The number of imidazole rings is 1. The van der Waals surface area contributed by atoms with Crippen LogP contribution in [0.15, 0.2) is 24.3 Å². The van der Waals surface area contributed by atoms with E-state index in [1.54, 1.807) is 0 Å². The zero-order valence-electron chi connectivity index (χ0n) is 10.5. The van der Waals surface area contributed by atoms with Gasteiger partial charge in [0.05, 0.1) is 17.1 Å². The fourth-order valence-electron chi connectivity index (χ4n) is 2.60. The molecule has 2 heterocycles. The number of nitrogens with one attached hydrogen (secondary N) is 3. The van der Waals surface area contributed by atoms with Crippen LogP contribution in [0.3, 0.4) is 0 Å². The number of urea groups is 1. The molecule has 2 aromatic rings. The quantitative estimate of drug-likeness (QED) is 0.648. The van der Waals surface area contributed by atoms with Crippen molar-refractivity contribution in [2.24, 2.45) is 5.73 Å². The Hall–Kier alpha value is -2.08. The van der Waals surface area contributed by atoms with Crippen molar-refractivity contribution >= 4 is 17.1 Å². The standard InChI is InChI=1S/C13H17N5O/c14-13(19)16-8-5-6-15-11(7-8)12-17-9-3-1-2-4-10(9)18-12/h1-4,8,11,15H,5-7H2,(H,17,18)(H3,14,16,19)/t8-,11-/m1/s1. The molecule has 100 valence electrons. The van der Waals surface area contributed by atoms with Gasteiger partial charge in [-0.05, 0) is 31.5 Å². The number of carbonyl (C=O) groups is 1. The summed E-state index contributed by atoms with van der Waals surface area (Å²) in [5.41, 5.74) is 7.17. The van der Waals surface area contributed by atoms with Crippen LogP contribution in [0.25, 0.3) is 11.0 Å². The summed E-state index contributed by atoms with van der Waals surface area (Å²) in [7, 11) is 0. The molecule has 0 radical (unpaired) electrons. The molecule has 6 heteroatoms. The molecule has 1 aliphatic rings. The van der Waals surface area contributed by atoms with Crippen molar-refractivity contribution in [3.8, 4) is 0 Å². The van der Waals surface area contributed by atoms with Gasteiger partial charge in [0.2, 0.25) is 0 Å². The van der Waals surface area contributed by atoms with Crippen molar-refractivity contribution < 1.29 is 4.79 Å². The Bertz CT molecular complexity index is 560. The van der Waals surface area contributed by atoms with E-state index in [1.165, 1.54) is 0 Å². The average molecular weight is 259 g/mol. The summed E-state index contributed by atoms with van der Waals surface area (Å²) < 4.78 is 0. The van der Waals surface area contributed by atoms with Crippen LogP contribution in [0.2, 0.25) is 0 Å². The monoisotopic (exact) mass is 259 g/mol. The first-order chi connectivity index (χ1) is 9.22. The Morgan fingerprint density at radius 3 is 3.05 bits per heavy atom. The van der Waals surface area contributed by atoms with Gasteiger partial charge >= 0.3 is 6.03 Å². The van der Waals surface area contributed by atoms with Gasteiger partial charge in [-0.15, -0.1) is 0 Å². The zero-order valence-corrected chi connectivity index (χ0v) is 10.5. The first-order valence-corrected chi connectivity index (χ1v) is 6.46. The van der Waals surface area contributed by atoms with E-state index in [-0.39, 0.29) is 12.1 Å². The van der Waals surface area contributed by atoms with E-state index in [4.69, 9.17) is 5.73 Å². The second-order valence-corrected chi connectivity index (χ2v) is 4.88. The molecule has 1 aliphatic heterocycles. The van der Waals surface area contributed by atoms with Crippen LogP contribution in [0.4, 0.5) is 4.79 Å². The van der Waals surface area contributed by atoms with Gasteiger partial charge in [-0.1, -0.05) is 12.1 Å². The topological polar surface area (TPSA) is 95.8 Å². The molecule has 0 bridgehead atoms. The molecule has 0 aliphatic carbocycles. The van der Waals surface area contributed by atoms with Crippen LogP contribution in [0, 0.1) is 0 Å². The number of fused-ring (bicyclic) bond motifs is 1. The molecule has 1 aromatic carbocycles. The van der Waals surface area contributed by atoms with Gasteiger partial charge in [0.15, 0.2) is 0 Å². The molecule has 5 N–H and O–H groups in total. The molecule has 2 amide bonds. The Labute approximate surface area is 110 Å². The SMILES string of the molecule is NC(=O)N[C@@H]1CCN[C@@H](c2nc3ccccc3[nH]2)C1. The van der Waals surface area contributed by atoms with Crippen LogP contribution < -0.4 is 16.4 Å². The second kappa shape index (κ2) is 4.89. The maximum absolute atomic E-state index is 10.9. The number of amides is 2. The van der Waals surface area contributed by atoms with Crippen molar-refractivity contribution in [3.05, 3.63) is 30.1 Å². The summed E-state index contributed by atoms with van der Waals surface area (Å²) in [6.07, 6.45) is 1.68. The number of nitrogens with two attached hydrogens (primary N) is 1. The molecule has 1 fully saturated rings. The predicted octanol–water partition coefficient (Wildman–Crippen LogP) is 1.02. The van der Waals surface area contributed by atoms with Gasteiger partial charge in [-0.2, -0.15) is 0 Å². The van der Waals surface area contributed by atoms with Gasteiger partial charge in [-0.25, -0.2) is 9.78 Å². The fourth-order valence-corrected chi connectivity index (χ4v) is 2.60. The highest BCUT2D eigenvalue weighted by atomic mass is 16.2. The molecule has 2 atom stereocenters. The van der Waals surface area contributed by atoms with Crippen molar-refractivity contribution in [1.82, 2.24) is 20.6 Å². The van der Waals surface area contributed by atoms with Gasteiger partial charge in [-0.3, -0.25) is 0 Å². The van der Waals surface area contributed by atoms with Crippen molar-refractivity contribution in [2.45, 2.75) is 24.9 Å². The maximum Gasteiger partial charge on any atom is 0.312 e. The van der Waals surface area contributed by atoms with Gasteiger partial charge in [0.1, 0.15) is 5.82 Å². The lowest BCUT2D eigenvalue weighted by Crippen LogP contribution is -2.46.